The lowest BCUT2D eigenvalue weighted by Gasteiger charge is -2.09. The Bertz CT molecular complexity index is 955. The van der Waals surface area contributed by atoms with Crippen molar-refractivity contribution in [3.63, 3.8) is 0 Å². The summed E-state index contributed by atoms with van der Waals surface area (Å²) in [7, 11) is 0. The molecule has 4 nitrogen and oxygen atoms in total. The van der Waals surface area contributed by atoms with Crippen LogP contribution in [0.1, 0.15) is 11.3 Å². The molecule has 0 saturated carbocycles. The van der Waals surface area contributed by atoms with Crippen molar-refractivity contribution in [3.05, 3.63) is 74.9 Å². The van der Waals surface area contributed by atoms with Gasteiger partial charge in [-0.3, -0.25) is 4.68 Å². The molecule has 0 unspecified atom stereocenters. The van der Waals surface area contributed by atoms with Crippen molar-refractivity contribution in [1.82, 2.24) is 9.78 Å². The molecule has 3 aromatic rings. The van der Waals surface area contributed by atoms with Gasteiger partial charge in [0.05, 0.1) is 16.6 Å². The smallest absolute Gasteiger partial charge is 0.176 e. The highest BCUT2D eigenvalue weighted by Gasteiger charge is 2.08. The van der Waals surface area contributed by atoms with Crippen molar-refractivity contribution in [3.8, 4) is 0 Å². The van der Waals surface area contributed by atoms with Crippen LogP contribution in [0.15, 0.2) is 48.5 Å². The van der Waals surface area contributed by atoms with Crippen LogP contribution >= 0.6 is 47.0 Å². The Hall–Kier alpha value is -1.79. The lowest BCUT2D eigenvalue weighted by atomic mass is 10.2. The van der Waals surface area contributed by atoms with Gasteiger partial charge in [-0.1, -0.05) is 46.9 Å². The molecule has 1 heterocycles. The normalized spacial score (nSPS) is 10.6. The lowest BCUT2D eigenvalue weighted by Crippen LogP contribution is -2.19. The lowest BCUT2D eigenvalue weighted by molar-refractivity contribution is 0.668. The van der Waals surface area contributed by atoms with Gasteiger partial charge in [0.1, 0.15) is 0 Å². The number of aromatic nitrogens is 2. The predicted octanol–water partition coefficient (Wildman–Crippen LogP) is 6.01. The molecule has 0 saturated heterocycles. The van der Waals surface area contributed by atoms with Crippen molar-refractivity contribution < 1.29 is 0 Å². The van der Waals surface area contributed by atoms with E-state index in [4.69, 9.17) is 47.0 Å². The van der Waals surface area contributed by atoms with Crippen LogP contribution in [0.25, 0.3) is 0 Å². The maximum atomic E-state index is 6.07. The number of aryl methyl sites for hydroxylation is 1. The first-order valence-corrected chi connectivity index (χ1v) is 9.27. The van der Waals surface area contributed by atoms with E-state index in [0.717, 1.165) is 16.9 Å². The second kappa shape index (κ2) is 8.27. The second-order valence-electron chi connectivity index (χ2n) is 5.67. The molecule has 0 amide bonds. The highest BCUT2D eigenvalue weighted by Crippen LogP contribution is 2.23. The van der Waals surface area contributed by atoms with Crippen LogP contribution in [0, 0.1) is 6.92 Å². The quantitative estimate of drug-likeness (QED) is 0.502. The highest BCUT2D eigenvalue weighted by molar-refractivity contribution is 7.80. The first-order chi connectivity index (χ1) is 12.4. The fraction of sp³-hybridized carbons (Fsp3) is 0.111. The van der Waals surface area contributed by atoms with Crippen molar-refractivity contribution in [2.24, 2.45) is 0 Å². The van der Waals surface area contributed by atoms with E-state index < -0.39 is 0 Å². The Labute approximate surface area is 172 Å². The molecule has 0 fully saturated rings. The number of benzene rings is 2. The molecular weight excluding hydrogens is 411 g/mol. The Balaban J connectivity index is 1.67. The van der Waals surface area contributed by atoms with E-state index in [9.17, 15) is 0 Å². The number of anilines is 2. The number of thiocarbonyl (C=S) groups is 1. The maximum Gasteiger partial charge on any atom is 0.176 e. The first kappa shape index (κ1) is 19.0. The number of hydrogen-bond acceptors (Lipinski definition) is 2. The summed E-state index contributed by atoms with van der Waals surface area (Å²) in [5.41, 5.74) is 2.81. The van der Waals surface area contributed by atoms with Crippen LogP contribution in [-0.4, -0.2) is 14.9 Å². The SMILES string of the molecule is Cc1cc(NC(=S)Nc2cccc(Cl)c2)nn1Cc1ccc(Cl)c(Cl)c1. The summed E-state index contributed by atoms with van der Waals surface area (Å²) in [4.78, 5) is 0. The Morgan fingerprint density at radius 3 is 2.58 bits per heavy atom. The van der Waals surface area contributed by atoms with Crippen LogP contribution < -0.4 is 10.6 Å². The topological polar surface area (TPSA) is 41.9 Å². The van der Waals surface area contributed by atoms with Gasteiger partial charge >= 0.3 is 0 Å². The van der Waals surface area contributed by atoms with E-state index in [-0.39, 0.29) is 0 Å². The molecule has 2 aromatic carbocycles. The minimum absolute atomic E-state index is 0.437. The van der Waals surface area contributed by atoms with E-state index in [1.54, 1.807) is 18.2 Å². The molecule has 134 valence electrons. The molecule has 0 radical (unpaired) electrons. The van der Waals surface area contributed by atoms with E-state index in [2.05, 4.69) is 15.7 Å². The molecule has 0 aliphatic rings. The summed E-state index contributed by atoms with van der Waals surface area (Å²) >= 11 is 23.3. The van der Waals surface area contributed by atoms with Gasteiger partial charge in [-0.05, 0) is 55.0 Å². The van der Waals surface area contributed by atoms with Gasteiger partial charge in [0, 0.05) is 22.5 Å². The fourth-order valence-electron chi connectivity index (χ4n) is 2.39. The Kier molecular flexibility index (Phi) is 6.04. The van der Waals surface area contributed by atoms with Crippen molar-refractivity contribution in [2.75, 3.05) is 10.6 Å². The molecule has 0 aliphatic carbocycles. The first-order valence-electron chi connectivity index (χ1n) is 7.72. The standard InChI is InChI=1S/C18H15Cl3N4S/c1-11-7-17(23-18(26)22-14-4-2-3-13(19)9-14)24-25(11)10-12-5-6-15(20)16(21)8-12/h2-9H,10H2,1H3,(H2,22,23,24,26). The number of halogens is 3. The van der Waals surface area contributed by atoms with Crippen molar-refractivity contribution >= 4 is 63.6 Å². The van der Waals surface area contributed by atoms with Gasteiger partial charge in [-0.2, -0.15) is 5.10 Å². The van der Waals surface area contributed by atoms with E-state index >= 15 is 0 Å². The Morgan fingerprint density at radius 2 is 1.85 bits per heavy atom. The number of nitrogens with zero attached hydrogens (tertiary/aromatic N) is 2. The molecule has 3 rings (SSSR count). The van der Waals surface area contributed by atoms with Crippen LogP contribution in [0.4, 0.5) is 11.5 Å². The highest BCUT2D eigenvalue weighted by atomic mass is 35.5. The number of rotatable bonds is 4. The maximum absolute atomic E-state index is 6.07. The van der Waals surface area contributed by atoms with Gasteiger partial charge in [-0.25, -0.2) is 0 Å². The van der Waals surface area contributed by atoms with Gasteiger partial charge < -0.3 is 10.6 Å². The third-order valence-electron chi connectivity index (χ3n) is 3.62. The predicted molar refractivity (Wildman–Crippen MR) is 114 cm³/mol. The Morgan fingerprint density at radius 1 is 1.04 bits per heavy atom. The summed E-state index contributed by atoms with van der Waals surface area (Å²) < 4.78 is 1.86. The second-order valence-corrected chi connectivity index (χ2v) is 7.33. The monoisotopic (exact) mass is 424 g/mol. The average Bonchev–Trinajstić information content (AvgIpc) is 2.90. The zero-order valence-corrected chi connectivity index (χ0v) is 16.8. The van der Waals surface area contributed by atoms with Crippen LogP contribution in [0.5, 0.6) is 0 Å². The summed E-state index contributed by atoms with van der Waals surface area (Å²) in [6, 6.07) is 14.8. The molecule has 0 bridgehead atoms. The average molecular weight is 426 g/mol. The molecule has 0 atom stereocenters. The number of hydrogen-bond donors (Lipinski definition) is 2. The van der Waals surface area contributed by atoms with E-state index in [1.165, 1.54) is 0 Å². The minimum Gasteiger partial charge on any atom is -0.332 e. The van der Waals surface area contributed by atoms with Gasteiger partial charge in [0.15, 0.2) is 10.9 Å². The molecule has 1 aromatic heterocycles. The molecule has 0 spiro atoms. The minimum atomic E-state index is 0.437. The summed E-state index contributed by atoms with van der Waals surface area (Å²) in [6.45, 7) is 2.56. The third-order valence-corrected chi connectivity index (χ3v) is 4.80. The zero-order chi connectivity index (χ0) is 18.7. The summed E-state index contributed by atoms with van der Waals surface area (Å²) in [5, 5.41) is 12.8. The van der Waals surface area contributed by atoms with Crippen molar-refractivity contribution in [1.29, 1.82) is 0 Å². The van der Waals surface area contributed by atoms with E-state index in [1.807, 2.05) is 41.9 Å². The van der Waals surface area contributed by atoms with E-state index in [0.29, 0.717) is 32.5 Å². The summed E-state index contributed by atoms with van der Waals surface area (Å²) in [6.07, 6.45) is 0. The molecular formula is C18H15Cl3N4S. The van der Waals surface area contributed by atoms with Crippen LogP contribution in [0.2, 0.25) is 15.1 Å². The fourth-order valence-corrected chi connectivity index (χ4v) is 3.12. The van der Waals surface area contributed by atoms with Gasteiger partial charge in [-0.15, -0.1) is 0 Å². The summed E-state index contributed by atoms with van der Waals surface area (Å²) in [5.74, 6) is 0.655. The van der Waals surface area contributed by atoms with Crippen molar-refractivity contribution in [2.45, 2.75) is 13.5 Å². The number of nitrogens with one attached hydrogen (secondary N) is 2. The molecule has 2 N–H and O–H groups in total. The van der Waals surface area contributed by atoms with Crippen LogP contribution in [0.3, 0.4) is 0 Å². The van der Waals surface area contributed by atoms with Crippen LogP contribution in [-0.2, 0) is 6.54 Å². The van der Waals surface area contributed by atoms with Gasteiger partial charge in [0.25, 0.3) is 0 Å². The molecule has 26 heavy (non-hydrogen) atoms. The molecule has 0 aliphatic heterocycles. The van der Waals surface area contributed by atoms with Gasteiger partial charge in [0.2, 0.25) is 0 Å². The third kappa shape index (κ3) is 4.89. The molecule has 8 heteroatoms. The zero-order valence-electron chi connectivity index (χ0n) is 13.8. The largest absolute Gasteiger partial charge is 0.332 e.